The Bertz CT molecular complexity index is 494. The van der Waals surface area contributed by atoms with Crippen LogP contribution in [0.5, 0.6) is 11.5 Å². The summed E-state index contributed by atoms with van der Waals surface area (Å²) in [6.45, 7) is 0. The summed E-state index contributed by atoms with van der Waals surface area (Å²) < 4.78 is 11.6. The molecule has 0 aliphatic heterocycles. The number of aromatic nitrogens is 1. The zero-order valence-electron chi connectivity index (χ0n) is 9.08. The molecule has 1 aromatic carbocycles. The maximum Gasteiger partial charge on any atom is 0.161 e. The van der Waals surface area contributed by atoms with E-state index in [1.54, 1.807) is 14.2 Å². The van der Waals surface area contributed by atoms with E-state index in [-0.39, 0.29) is 0 Å². The highest BCUT2D eigenvalue weighted by Gasteiger charge is 2.07. The first-order chi connectivity index (χ1) is 7.74. The fraction of sp³-hybridized carbons (Fsp3) is 0.167. The summed E-state index contributed by atoms with van der Waals surface area (Å²) in [6.07, 6.45) is 1.96. The van der Waals surface area contributed by atoms with Gasteiger partial charge in [0.1, 0.15) is 0 Å². The number of aromatic amines is 1. The van der Waals surface area contributed by atoms with Gasteiger partial charge in [-0.25, -0.2) is 0 Å². The van der Waals surface area contributed by atoms with Gasteiger partial charge in [-0.3, -0.25) is 0 Å². The summed E-state index contributed by atoms with van der Waals surface area (Å²) >= 11 is 2.27. The van der Waals surface area contributed by atoms with Gasteiger partial charge in [0.15, 0.2) is 11.5 Å². The number of hydrogen-bond donors (Lipinski definition) is 1. The molecule has 2 aromatic rings. The zero-order valence-corrected chi connectivity index (χ0v) is 11.2. The van der Waals surface area contributed by atoms with Crippen molar-refractivity contribution in [3.63, 3.8) is 0 Å². The van der Waals surface area contributed by atoms with E-state index in [1.807, 2.05) is 24.4 Å². The Morgan fingerprint density at radius 2 is 1.81 bits per heavy atom. The number of benzene rings is 1. The molecule has 0 unspecified atom stereocenters. The maximum absolute atomic E-state index is 5.26. The van der Waals surface area contributed by atoms with Crippen LogP contribution >= 0.6 is 22.6 Å². The van der Waals surface area contributed by atoms with Crippen LogP contribution < -0.4 is 9.47 Å². The van der Waals surface area contributed by atoms with Crippen LogP contribution in [0.4, 0.5) is 0 Å². The molecule has 16 heavy (non-hydrogen) atoms. The molecular formula is C12H12INO2. The Labute approximate surface area is 108 Å². The summed E-state index contributed by atoms with van der Waals surface area (Å²) in [5.41, 5.74) is 2.16. The van der Waals surface area contributed by atoms with Crippen LogP contribution in [-0.2, 0) is 0 Å². The first-order valence-electron chi connectivity index (χ1n) is 4.81. The molecular weight excluding hydrogens is 317 g/mol. The van der Waals surface area contributed by atoms with Crippen molar-refractivity contribution >= 4 is 22.6 Å². The lowest BCUT2D eigenvalue weighted by atomic mass is 10.1. The highest BCUT2D eigenvalue weighted by atomic mass is 127. The van der Waals surface area contributed by atoms with Crippen molar-refractivity contribution in [2.24, 2.45) is 0 Å². The van der Waals surface area contributed by atoms with Gasteiger partial charge in [-0.2, -0.15) is 0 Å². The number of methoxy groups -OCH3 is 2. The molecule has 0 amide bonds. The minimum Gasteiger partial charge on any atom is -0.493 e. The molecule has 4 heteroatoms. The summed E-state index contributed by atoms with van der Waals surface area (Å²) in [5.74, 6) is 1.48. The van der Waals surface area contributed by atoms with E-state index in [1.165, 1.54) is 3.57 Å². The van der Waals surface area contributed by atoms with E-state index in [9.17, 15) is 0 Å². The standard InChI is InChI=1S/C12H12INO2/c1-15-11-4-3-8(5-12(11)16-2)10-6-9(13)7-14-10/h3-7,14H,1-2H3. The predicted octanol–water partition coefficient (Wildman–Crippen LogP) is 3.30. The lowest BCUT2D eigenvalue weighted by Crippen LogP contribution is -1.90. The van der Waals surface area contributed by atoms with E-state index in [0.717, 1.165) is 22.8 Å². The van der Waals surface area contributed by atoms with Crippen LogP contribution in [0, 0.1) is 3.57 Å². The molecule has 84 valence electrons. The van der Waals surface area contributed by atoms with Crippen LogP contribution in [-0.4, -0.2) is 19.2 Å². The normalized spacial score (nSPS) is 10.2. The summed E-state index contributed by atoms with van der Waals surface area (Å²) in [5, 5.41) is 0. The lowest BCUT2D eigenvalue weighted by molar-refractivity contribution is 0.355. The zero-order chi connectivity index (χ0) is 11.5. The molecule has 1 aromatic heterocycles. The number of H-pyrrole nitrogens is 1. The third kappa shape index (κ3) is 2.16. The molecule has 0 fully saturated rings. The minimum absolute atomic E-state index is 0.740. The smallest absolute Gasteiger partial charge is 0.161 e. The molecule has 0 aliphatic carbocycles. The Hall–Kier alpha value is -1.17. The van der Waals surface area contributed by atoms with Crippen LogP contribution in [0.3, 0.4) is 0 Å². The van der Waals surface area contributed by atoms with E-state index in [4.69, 9.17) is 9.47 Å². The van der Waals surface area contributed by atoms with Gasteiger partial charge in [-0.05, 0) is 46.9 Å². The fourth-order valence-corrected chi connectivity index (χ4v) is 2.01. The Balaban J connectivity index is 2.43. The van der Waals surface area contributed by atoms with Crippen molar-refractivity contribution in [2.75, 3.05) is 14.2 Å². The summed E-state index contributed by atoms with van der Waals surface area (Å²) in [7, 11) is 3.27. The van der Waals surface area contributed by atoms with Crippen molar-refractivity contribution in [3.05, 3.63) is 34.0 Å². The van der Waals surface area contributed by atoms with Crippen LogP contribution in [0.1, 0.15) is 0 Å². The average molecular weight is 329 g/mol. The first kappa shape index (κ1) is 11.3. The van der Waals surface area contributed by atoms with Crippen molar-refractivity contribution in [2.45, 2.75) is 0 Å². The van der Waals surface area contributed by atoms with E-state index in [0.29, 0.717) is 0 Å². The van der Waals surface area contributed by atoms with Gasteiger partial charge in [-0.1, -0.05) is 0 Å². The van der Waals surface area contributed by atoms with Gasteiger partial charge in [0, 0.05) is 21.0 Å². The molecule has 0 aliphatic rings. The number of ether oxygens (including phenoxy) is 2. The predicted molar refractivity (Wildman–Crippen MR) is 72.0 cm³/mol. The van der Waals surface area contributed by atoms with Gasteiger partial charge in [-0.15, -0.1) is 0 Å². The topological polar surface area (TPSA) is 34.2 Å². The highest BCUT2D eigenvalue weighted by molar-refractivity contribution is 14.1. The van der Waals surface area contributed by atoms with Crippen molar-refractivity contribution in [1.82, 2.24) is 4.98 Å². The van der Waals surface area contributed by atoms with Gasteiger partial charge in [0.2, 0.25) is 0 Å². The second-order valence-corrected chi connectivity index (χ2v) is 4.55. The first-order valence-corrected chi connectivity index (χ1v) is 5.89. The minimum atomic E-state index is 0.740. The monoisotopic (exact) mass is 329 g/mol. The molecule has 0 atom stereocenters. The number of nitrogens with one attached hydrogen (secondary N) is 1. The second-order valence-electron chi connectivity index (χ2n) is 3.30. The number of rotatable bonds is 3. The van der Waals surface area contributed by atoms with E-state index < -0.39 is 0 Å². The molecule has 2 rings (SSSR count). The fourth-order valence-electron chi connectivity index (χ4n) is 1.54. The molecule has 1 N–H and O–H groups in total. The summed E-state index contributed by atoms with van der Waals surface area (Å²) in [6, 6.07) is 7.95. The lowest BCUT2D eigenvalue weighted by Gasteiger charge is -2.08. The van der Waals surface area contributed by atoms with Gasteiger partial charge >= 0.3 is 0 Å². The number of hydrogen-bond acceptors (Lipinski definition) is 2. The van der Waals surface area contributed by atoms with Crippen LogP contribution in [0.2, 0.25) is 0 Å². The van der Waals surface area contributed by atoms with Crippen molar-refractivity contribution in [3.8, 4) is 22.8 Å². The Morgan fingerprint density at radius 1 is 1.06 bits per heavy atom. The molecule has 0 spiro atoms. The quantitative estimate of drug-likeness (QED) is 0.877. The number of halogens is 1. The molecule has 1 heterocycles. The van der Waals surface area contributed by atoms with Gasteiger partial charge < -0.3 is 14.5 Å². The van der Waals surface area contributed by atoms with Crippen molar-refractivity contribution < 1.29 is 9.47 Å². The third-order valence-corrected chi connectivity index (χ3v) is 2.97. The van der Waals surface area contributed by atoms with Crippen LogP contribution in [0.15, 0.2) is 30.5 Å². The molecule has 0 saturated carbocycles. The third-order valence-electron chi connectivity index (χ3n) is 2.34. The van der Waals surface area contributed by atoms with Crippen LogP contribution in [0.25, 0.3) is 11.3 Å². The Kier molecular flexibility index (Phi) is 3.38. The summed E-state index contributed by atoms with van der Waals surface area (Å²) in [4.78, 5) is 3.21. The van der Waals surface area contributed by atoms with Gasteiger partial charge in [0.05, 0.1) is 14.2 Å². The average Bonchev–Trinajstić information content (AvgIpc) is 2.75. The highest BCUT2D eigenvalue weighted by Crippen LogP contribution is 2.32. The van der Waals surface area contributed by atoms with Crippen molar-refractivity contribution in [1.29, 1.82) is 0 Å². The SMILES string of the molecule is COc1ccc(-c2cc(I)c[nH]2)cc1OC. The largest absolute Gasteiger partial charge is 0.493 e. The van der Waals surface area contributed by atoms with E-state index >= 15 is 0 Å². The molecule has 3 nitrogen and oxygen atoms in total. The molecule has 0 radical (unpaired) electrons. The Morgan fingerprint density at radius 3 is 2.38 bits per heavy atom. The molecule has 0 saturated heterocycles. The van der Waals surface area contributed by atoms with Gasteiger partial charge in [0.25, 0.3) is 0 Å². The maximum atomic E-state index is 5.26. The second kappa shape index (κ2) is 4.78. The van der Waals surface area contributed by atoms with E-state index in [2.05, 4.69) is 33.6 Å². The molecule has 0 bridgehead atoms.